The van der Waals surface area contributed by atoms with Gasteiger partial charge in [-0.15, -0.1) is 0 Å². The first-order valence-electron chi connectivity index (χ1n) is 8.65. The molecule has 0 saturated heterocycles. The van der Waals surface area contributed by atoms with Gasteiger partial charge in [0.25, 0.3) is 0 Å². The van der Waals surface area contributed by atoms with E-state index >= 15 is 0 Å². The first kappa shape index (κ1) is 17.1. The highest BCUT2D eigenvalue weighted by atomic mass is 16.1. The smallest absolute Gasteiger partial charge is 0.159 e. The van der Waals surface area contributed by atoms with E-state index < -0.39 is 0 Å². The molecule has 2 aliphatic rings. The molecule has 0 saturated carbocycles. The molecule has 1 unspecified atom stereocenters. The van der Waals surface area contributed by atoms with E-state index in [1.807, 2.05) is 19.0 Å². The fourth-order valence-electron chi connectivity index (χ4n) is 3.36. The van der Waals surface area contributed by atoms with Gasteiger partial charge in [-0.3, -0.25) is 9.59 Å². The molecule has 0 aliphatic heterocycles. The molecule has 22 heavy (non-hydrogen) atoms. The predicted molar refractivity (Wildman–Crippen MR) is 89.8 cm³/mol. The molecule has 0 radical (unpaired) electrons. The Bertz CT molecular complexity index is 474. The van der Waals surface area contributed by atoms with E-state index in [1.165, 1.54) is 6.42 Å². The maximum Gasteiger partial charge on any atom is 0.159 e. The van der Waals surface area contributed by atoms with Gasteiger partial charge in [0, 0.05) is 19.4 Å². The number of carbonyl (C=O) groups is 2. The highest BCUT2D eigenvalue weighted by molar-refractivity contribution is 5.97. The third kappa shape index (κ3) is 5.20. The van der Waals surface area contributed by atoms with Crippen molar-refractivity contribution in [2.45, 2.75) is 57.8 Å². The average Bonchev–Trinajstić information content (AvgIpc) is 2.53. The zero-order chi connectivity index (χ0) is 15.9. The summed E-state index contributed by atoms with van der Waals surface area (Å²) < 4.78 is 0. The number of nitrogens with zero attached hydrogens (tertiary/aromatic N) is 1. The lowest BCUT2D eigenvalue weighted by molar-refractivity contribution is -0.118. The molecule has 0 spiro atoms. The minimum Gasteiger partial charge on any atom is -0.309 e. The molecular weight excluding hydrogens is 274 g/mol. The van der Waals surface area contributed by atoms with E-state index in [2.05, 4.69) is 12.2 Å². The van der Waals surface area contributed by atoms with E-state index in [-0.39, 0.29) is 5.78 Å². The molecular formula is C19H29NO2. The monoisotopic (exact) mass is 303 g/mol. The molecule has 0 bridgehead atoms. The first-order valence-corrected chi connectivity index (χ1v) is 8.65. The lowest BCUT2D eigenvalue weighted by Crippen LogP contribution is -2.21. The van der Waals surface area contributed by atoms with Crippen LogP contribution in [0.15, 0.2) is 23.3 Å². The second-order valence-electron chi connectivity index (χ2n) is 6.96. The summed E-state index contributed by atoms with van der Waals surface area (Å²) in [6.45, 7) is 0.798. The van der Waals surface area contributed by atoms with E-state index in [9.17, 15) is 9.59 Å². The molecule has 2 aliphatic carbocycles. The molecule has 1 atom stereocenters. The molecule has 0 aromatic heterocycles. The second kappa shape index (κ2) is 8.42. The largest absolute Gasteiger partial charge is 0.309 e. The molecule has 2 rings (SSSR count). The van der Waals surface area contributed by atoms with Gasteiger partial charge in [-0.1, -0.05) is 12.2 Å². The van der Waals surface area contributed by atoms with Crippen LogP contribution in [0.2, 0.25) is 0 Å². The van der Waals surface area contributed by atoms with Gasteiger partial charge in [-0.25, -0.2) is 0 Å². The van der Waals surface area contributed by atoms with Gasteiger partial charge in [0.1, 0.15) is 0 Å². The molecule has 3 heteroatoms. The Morgan fingerprint density at radius 3 is 2.55 bits per heavy atom. The molecule has 122 valence electrons. The Labute approximate surface area is 134 Å². The molecule has 3 nitrogen and oxygen atoms in total. The highest BCUT2D eigenvalue weighted by Gasteiger charge is 2.23. The fraction of sp³-hybridized carbons (Fsp3) is 0.684. The number of carbonyl (C=O) groups excluding carboxylic acids is 2. The van der Waals surface area contributed by atoms with Crippen LogP contribution in [0.1, 0.15) is 57.8 Å². The zero-order valence-corrected chi connectivity index (χ0v) is 14.1. The summed E-state index contributed by atoms with van der Waals surface area (Å²) in [4.78, 5) is 26.7. The number of hydrogen-bond donors (Lipinski definition) is 0. The normalized spacial score (nSPS) is 22.2. The number of Topliss-reactive ketones (excluding diaryl/α,β-unsaturated/α-hetero) is 2. The Kier molecular flexibility index (Phi) is 6.56. The van der Waals surface area contributed by atoms with E-state index in [4.69, 9.17) is 0 Å². The van der Waals surface area contributed by atoms with Gasteiger partial charge in [0.2, 0.25) is 0 Å². The van der Waals surface area contributed by atoms with Crippen LogP contribution < -0.4 is 0 Å². The summed E-state index contributed by atoms with van der Waals surface area (Å²) in [5.74, 6) is 0.952. The topological polar surface area (TPSA) is 37.4 Å². The maximum absolute atomic E-state index is 12.4. The Morgan fingerprint density at radius 1 is 1.09 bits per heavy atom. The van der Waals surface area contributed by atoms with E-state index in [1.54, 1.807) is 0 Å². The van der Waals surface area contributed by atoms with Gasteiger partial charge in [-0.05, 0) is 76.1 Å². The van der Waals surface area contributed by atoms with E-state index in [0.717, 1.165) is 56.2 Å². The van der Waals surface area contributed by atoms with Crippen molar-refractivity contribution < 1.29 is 9.59 Å². The van der Waals surface area contributed by atoms with Crippen LogP contribution in [-0.4, -0.2) is 37.1 Å². The molecule has 0 heterocycles. The quantitative estimate of drug-likeness (QED) is 0.720. The molecule has 0 aromatic carbocycles. The molecule has 0 aromatic rings. The van der Waals surface area contributed by atoms with Gasteiger partial charge in [-0.2, -0.15) is 0 Å². The third-order valence-corrected chi connectivity index (χ3v) is 4.74. The van der Waals surface area contributed by atoms with Crippen LogP contribution in [0.4, 0.5) is 0 Å². The predicted octanol–water partition coefficient (Wildman–Crippen LogP) is 3.69. The summed E-state index contributed by atoms with van der Waals surface area (Å²) >= 11 is 0. The van der Waals surface area contributed by atoms with Crippen molar-refractivity contribution in [2.24, 2.45) is 5.92 Å². The molecule has 0 N–H and O–H groups in total. The summed E-state index contributed by atoms with van der Waals surface area (Å²) in [6, 6.07) is 0. The van der Waals surface area contributed by atoms with Crippen molar-refractivity contribution in [2.75, 3.05) is 20.6 Å². The Hall–Kier alpha value is -1.22. The van der Waals surface area contributed by atoms with Crippen LogP contribution in [0.3, 0.4) is 0 Å². The minimum atomic E-state index is 0.266. The van der Waals surface area contributed by atoms with E-state index in [0.29, 0.717) is 24.5 Å². The van der Waals surface area contributed by atoms with Gasteiger partial charge in [0.15, 0.2) is 11.6 Å². The van der Waals surface area contributed by atoms with Crippen molar-refractivity contribution in [3.05, 3.63) is 23.3 Å². The number of hydrogen-bond acceptors (Lipinski definition) is 3. The van der Waals surface area contributed by atoms with Gasteiger partial charge in [0.05, 0.1) is 0 Å². The SMILES string of the molecule is CN(C)CCC(=O)C1=CCCC(CC(=O)C2=CCCCC2)C1. The summed E-state index contributed by atoms with van der Waals surface area (Å²) in [5.41, 5.74) is 2.00. The zero-order valence-electron chi connectivity index (χ0n) is 14.1. The van der Waals surface area contributed by atoms with Crippen molar-refractivity contribution >= 4 is 11.6 Å². The maximum atomic E-state index is 12.4. The van der Waals surface area contributed by atoms with Crippen molar-refractivity contribution in [1.29, 1.82) is 0 Å². The minimum absolute atomic E-state index is 0.266. The second-order valence-corrected chi connectivity index (χ2v) is 6.96. The van der Waals surface area contributed by atoms with Crippen LogP contribution >= 0.6 is 0 Å². The van der Waals surface area contributed by atoms with Gasteiger partial charge >= 0.3 is 0 Å². The highest BCUT2D eigenvalue weighted by Crippen LogP contribution is 2.30. The van der Waals surface area contributed by atoms with Crippen molar-refractivity contribution in [1.82, 2.24) is 4.90 Å². The average molecular weight is 303 g/mol. The number of rotatable bonds is 7. The summed E-state index contributed by atoms with van der Waals surface area (Å²) in [7, 11) is 3.98. The third-order valence-electron chi connectivity index (χ3n) is 4.74. The van der Waals surface area contributed by atoms with Crippen LogP contribution in [-0.2, 0) is 9.59 Å². The Morgan fingerprint density at radius 2 is 1.86 bits per heavy atom. The first-order chi connectivity index (χ1) is 10.6. The summed E-state index contributed by atoms with van der Waals surface area (Å²) in [6.07, 6.45) is 12.6. The van der Waals surface area contributed by atoms with Crippen LogP contribution in [0.25, 0.3) is 0 Å². The number of ketones is 2. The Balaban J connectivity index is 1.84. The molecule has 0 fully saturated rings. The lowest BCUT2D eigenvalue weighted by Gasteiger charge is -2.23. The molecule has 0 amide bonds. The van der Waals surface area contributed by atoms with Gasteiger partial charge < -0.3 is 4.90 Å². The summed E-state index contributed by atoms with van der Waals surface area (Å²) in [5, 5.41) is 0. The van der Waals surface area contributed by atoms with Crippen molar-refractivity contribution in [3.8, 4) is 0 Å². The van der Waals surface area contributed by atoms with Crippen LogP contribution in [0.5, 0.6) is 0 Å². The number of allylic oxidation sites excluding steroid dienone is 4. The van der Waals surface area contributed by atoms with Crippen molar-refractivity contribution in [3.63, 3.8) is 0 Å². The standard InChI is InChI=1S/C19H29NO2/c1-20(2)12-11-18(21)17-10-6-7-15(13-17)14-19(22)16-8-4-3-5-9-16/h8,10,15H,3-7,9,11-14H2,1-2H3. The fourth-order valence-corrected chi connectivity index (χ4v) is 3.36. The van der Waals surface area contributed by atoms with Crippen LogP contribution in [0, 0.1) is 5.92 Å². The lowest BCUT2D eigenvalue weighted by atomic mass is 9.81.